The highest BCUT2D eigenvalue weighted by Crippen LogP contribution is 2.31. The van der Waals surface area contributed by atoms with E-state index in [4.69, 9.17) is 9.72 Å². The highest BCUT2D eigenvalue weighted by molar-refractivity contribution is 5.76. The SMILES string of the molecule is CCCC(CCC)Nc1ncc2nc(Nc3ccc(F)cc3F)n([C@@H]3CCOC3)c2n1. The van der Waals surface area contributed by atoms with Crippen molar-refractivity contribution in [3.05, 3.63) is 36.0 Å². The van der Waals surface area contributed by atoms with Gasteiger partial charge in [0, 0.05) is 18.7 Å². The largest absolute Gasteiger partial charge is 0.379 e. The van der Waals surface area contributed by atoms with Crippen LogP contribution in [0.15, 0.2) is 24.4 Å². The Balaban J connectivity index is 1.71. The molecule has 3 heterocycles. The zero-order valence-corrected chi connectivity index (χ0v) is 17.9. The molecule has 0 saturated carbocycles. The summed E-state index contributed by atoms with van der Waals surface area (Å²) in [5.41, 5.74) is 1.41. The van der Waals surface area contributed by atoms with E-state index in [9.17, 15) is 8.78 Å². The number of fused-ring (bicyclic) bond motifs is 1. The molecule has 2 aromatic heterocycles. The molecule has 1 aliphatic heterocycles. The number of imidazole rings is 1. The predicted octanol–water partition coefficient (Wildman–Crippen LogP) is 5.19. The fourth-order valence-electron chi connectivity index (χ4n) is 4.00. The Morgan fingerprint density at radius 3 is 2.68 bits per heavy atom. The Kier molecular flexibility index (Phi) is 6.60. The summed E-state index contributed by atoms with van der Waals surface area (Å²) in [6.07, 6.45) is 6.72. The lowest BCUT2D eigenvalue weighted by molar-refractivity contribution is 0.187. The summed E-state index contributed by atoms with van der Waals surface area (Å²) in [6, 6.07) is 3.74. The number of halogens is 2. The first-order valence-electron chi connectivity index (χ1n) is 10.9. The molecule has 2 N–H and O–H groups in total. The molecular weight excluding hydrogens is 402 g/mol. The Morgan fingerprint density at radius 1 is 1.19 bits per heavy atom. The molecule has 1 atom stereocenters. The molecule has 4 rings (SSSR count). The highest BCUT2D eigenvalue weighted by atomic mass is 19.1. The zero-order valence-electron chi connectivity index (χ0n) is 17.9. The highest BCUT2D eigenvalue weighted by Gasteiger charge is 2.25. The average Bonchev–Trinajstić information content (AvgIpc) is 3.37. The summed E-state index contributed by atoms with van der Waals surface area (Å²) in [5, 5.41) is 6.45. The molecule has 166 valence electrons. The summed E-state index contributed by atoms with van der Waals surface area (Å²) in [7, 11) is 0. The second-order valence-corrected chi connectivity index (χ2v) is 7.89. The average molecular weight is 431 g/mol. The maximum Gasteiger partial charge on any atom is 0.224 e. The quantitative estimate of drug-likeness (QED) is 0.487. The topological polar surface area (TPSA) is 76.9 Å². The van der Waals surface area contributed by atoms with Crippen molar-refractivity contribution in [2.75, 3.05) is 23.8 Å². The van der Waals surface area contributed by atoms with Gasteiger partial charge in [0.25, 0.3) is 0 Å². The van der Waals surface area contributed by atoms with Crippen molar-refractivity contribution in [1.29, 1.82) is 0 Å². The molecule has 9 heteroatoms. The maximum absolute atomic E-state index is 14.3. The van der Waals surface area contributed by atoms with Crippen molar-refractivity contribution < 1.29 is 13.5 Å². The van der Waals surface area contributed by atoms with Gasteiger partial charge in [-0.3, -0.25) is 4.57 Å². The van der Waals surface area contributed by atoms with Crippen LogP contribution in [-0.4, -0.2) is 38.8 Å². The Hall–Kier alpha value is -2.81. The molecule has 0 aliphatic carbocycles. The second kappa shape index (κ2) is 9.55. The lowest BCUT2D eigenvalue weighted by atomic mass is 10.1. The van der Waals surface area contributed by atoms with Crippen LogP contribution in [0, 0.1) is 11.6 Å². The number of anilines is 3. The van der Waals surface area contributed by atoms with Gasteiger partial charge in [-0.1, -0.05) is 26.7 Å². The third-order valence-electron chi connectivity index (χ3n) is 5.49. The maximum atomic E-state index is 14.3. The van der Waals surface area contributed by atoms with Gasteiger partial charge in [0.05, 0.1) is 24.5 Å². The number of nitrogens with zero attached hydrogens (tertiary/aromatic N) is 4. The normalized spacial score (nSPS) is 16.4. The van der Waals surface area contributed by atoms with E-state index in [0.29, 0.717) is 42.3 Å². The van der Waals surface area contributed by atoms with Gasteiger partial charge in [-0.15, -0.1) is 0 Å². The van der Waals surface area contributed by atoms with Crippen molar-refractivity contribution in [1.82, 2.24) is 19.5 Å². The minimum absolute atomic E-state index is 0.0147. The van der Waals surface area contributed by atoms with Crippen molar-refractivity contribution in [3.8, 4) is 0 Å². The van der Waals surface area contributed by atoms with E-state index < -0.39 is 11.6 Å². The van der Waals surface area contributed by atoms with E-state index in [2.05, 4.69) is 34.4 Å². The first kappa shape index (κ1) is 21.4. The van der Waals surface area contributed by atoms with Gasteiger partial charge in [-0.25, -0.2) is 18.7 Å². The minimum Gasteiger partial charge on any atom is -0.379 e. The summed E-state index contributed by atoms with van der Waals surface area (Å²) >= 11 is 0. The van der Waals surface area contributed by atoms with Crippen LogP contribution in [0.2, 0.25) is 0 Å². The zero-order chi connectivity index (χ0) is 21.8. The third kappa shape index (κ3) is 4.76. The molecule has 0 unspecified atom stereocenters. The molecule has 1 saturated heterocycles. The molecule has 1 fully saturated rings. The molecule has 31 heavy (non-hydrogen) atoms. The van der Waals surface area contributed by atoms with Gasteiger partial charge in [-0.2, -0.15) is 4.98 Å². The predicted molar refractivity (Wildman–Crippen MR) is 117 cm³/mol. The third-order valence-corrected chi connectivity index (χ3v) is 5.49. The van der Waals surface area contributed by atoms with E-state index in [0.717, 1.165) is 38.2 Å². The van der Waals surface area contributed by atoms with E-state index in [1.807, 2.05) is 4.57 Å². The van der Waals surface area contributed by atoms with Gasteiger partial charge in [-0.05, 0) is 31.4 Å². The molecule has 1 aromatic carbocycles. The van der Waals surface area contributed by atoms with Gasteiger partial charge < -0.3 is 15.4 Å². The van der Waals surface area contributed by atoms with Crippen molar-refractivity contribution in [2.24, 2.45) is 0 Å². The first-order valence-corrected chi connectivity index (χ1v) is 10.9. The van der Waals surface area contributed by atoms with Gasteiger partial charge >= 0.3 is 0 Å². The van der Waals surface area contributed by atoms with Crippen molar-refractivity contribution >= 4 is 28.7 Å². The van der Waals surface area contributed by atoms with E-state index in [1.165, 1.54) is 12.1 Å². The Bertz CT molecular complexity index is 1030. The number of rotatable bonds is 9. The second-order valence-electron chi connectivity index (χ2n) is 7.89. The molecule has 0 bridgehead atoms. The molecule has 1 aliphatic rings. The minimum atomic E-state index is -0.684. The van der Waals surface area contributed by atoms with Gasteiger partial charge in [0.15, 0.2) is 5.65 Å². The number of hydrogen-bond donors (Lipinski definition) is 2. The number of ether oxygens (including phenoxy) is 1. The number of benzene rings is 1. The van der Waals surface area contributed by atoms with Gasteiger partial charge in [0.2, 0.25) is 11.9 Å². The summed E-state index contributed by atoms with van der Waals surface area (Å²) in [5.74, 6) is -0.326. The Morgan fingerprint density at radius 2 is 2.00 bits per heavy atom. The lowest BCUT2D eigenvalue weighted by Gasteiger charge is -2.18. The number of hydrogen-bond acceptors (Lipinski definition) is 6. The summed E-state index contributed by atoms with van der Waals surface area (Å²) < 4.78 is 35.1. The molecule has 7 nitrogen and oxygen atoms in total. The summed E-state index contributed by atoms with van der Waals surface area (Å²) in [6.45, 7) is 5.49. The molecule has 0 spiro atoms. The van der Waals surface area contributed by atoms with Crippen LogP contribution in [0.1, 0.15) is 52.0 Å². The Labute approximate surface area is 180 Å². The first-order chi connectivity index (χ1) is 15.1. The molecule has 3 aromatic rings. The van der Waals surface area contributed by atoms with Crippen LogP contribution in [0.3, 0.4) is 0 Å². The van der Waals surface area contributed by atoms with Crippen LogP contribution in [0.25, 0.3) is 11.2 Å². The fraction of sp³-hybridized carbons (Fsp3) is 0.500. The van der Waals surface area contributed by atoms with Crippen LogP contribution in [-0.2, 0) is 4.74 Å². The monoisotopic (exact) mass is 430 g/mol. The van der Waals surface area contributed by atoms with Crippen LogP contribution < -0.4 is 10.6 Å². The van der Waals surface area contributed by atoms with E-state index in [1.54, 1.807) is 6.20 Å². The molecule has 0 amide bonds. The van der Waals surface area contributed by atoms with Gasteiger partial charge in [0.1, 0.15) is 17.2 Å². The fourth-order valence-corrected chi connectivity index (χ4v) is 4.00. The van der Waals surface area contributed by atoms with Crippen molar-refractivity contribution in [2.45, 2.75) is 58.0 Å². The van der Waals surface area contributed by atoms with Crippen molar-refractivity contribution in [3.63, 3.8) is 0 Å². The van der Waals surface area contributed by atoms with Crippen LogP contribution in [0.5, 0.6) is 0 Å². The van der Waals surface area contributed by atoms with Crippen LogP contribution >= 0.6 is 0 Å². The lowest BCUT2D eigenvalue weighted by Crippen LogP contribution is -2.21. The summed E-state index contributed by atoms with van der Waals surface area (Å²) in [4.78, 5) is 13.8. The van der Waals surface area contributed by atoms with E-state index in [-0.39, 0.29) is 11.7 Å². The standard InChI is InChI=1S/C22H28F2N6O/c1-3-5-15(6-4-2)26-21-25-12-19-20(29-21)30(16-9-10-31-13-16)22(28-19)27-18-8-7-14(23)11-17(18)24/h7-8,11-12,15-16H,3-6,9-10,13H2,1-2H3,(H,27,28)(H,25,26,29)/t16-/m1/s1. The number of aromatic nitrogens is 4. The number of nitrogens with one attached hydrogen (secondary N) is 2. The van der Waals surface area contributed by atoms with Crippen LogP contribution in [0.4, 0.5) is 26.4 Å². The molecule has 0 radical (unpaired) electrons. The smallest absolute Gasteiger partial charge is 0.224 e. The van der Waals surface area contributed by atoms with E-state index >= 15 is 0 Å². The molecular formula is C22H28F2N6O.